The van der Waals surface area contributed by atoms with Gasteiger partial charge in [-0.2, -0.15) is 0 Å². The molecular weight excluding hydrogens is 392 g/mol. The highest BCUT2D eigenvalue weighted by molar-refractivity contribution is 7.80. The van der Waals surface area contributed by atoms with Gasteiger partial charge in [-0.05, 0) is 45.5 Å². The van der Waals surface area contributed by atoms with Crippen LogP contribution in [0.2, 0.25) is 0 Å². The van der Waals surface area contributed by atoms with E-state index in [2.05, 4.69) is 10.2 Å². The molecule has 1 aliphatic rings. The zero-order valence-corrected chi connectivity index (χ0v) is 18.3. The molecule has 0 unspecified atom stereocenters. The number of benzene rings is 1. The van der Waals surface area contributed by atoms with E-state index in [0.29, 0.717) is 17.3 Å². The van der Waals surface area contributed by atoms with Gasteiger partial charge in [-0.15, -0.1) is 11.3 Å². The number of carbonyl (C=O) groups is 1. The van der Waals surface area contributed by atoms with Gasteiger partial charge in [0.2, 0.25) is 0 Å². The molecule has 2 atom stereocenters. The van der Waals surface area contributed by atoms with E-state index in [1.165, 1.54) is 11.3 Å². The summed E-state index contributed by atoms with van der Waals surface area (Å²) in [6, 6.07) is 9.91. The highest BCUT2D eigenvalue weighted by Crippen LogP contribution is 2.40. The number of aryl methyl sites for hydroxylation is 1. The Bertz CT molecular complexity index is 841. The number of rotatable bonds is 4. The van der Waals surface area contributed by atoms with Crippen LogP contribution in [-0.4, -0.2) is 47.9 Å². The van der Waals surface area contributed by atoms with Crippen molar-refractivity contribution in [2.45, 2.75) is 39.9 Å². The van der Waals surface area contributed by atoms with Crippen LogP contribution in [0.15, 0.2) is 30.3 Å². The fourth-order valence-corrected chi connectivity index (χ4v) is 4.88. The standard InChI is InChI=1S/C21H26N2O3S2/c1-5-25-20(24)18-17(16-9-7-6-8-10-16)15(4)28-19(18)22-21(27)23-11-13(2)26-14(3)12-23/h6-10,13-14H,5,11-12H2,1-4H3,(H,22,27)/t13-,14-/m1/s1. The quantitative estimate of drug-likeness (QED) is 0.573. The summed E-state index contributed by atoms with van der Waals surface area (Å²) >= 11 is 7.18. The average Bonchev–Trinajstić information content (AvgIpc) is 2.97. The maximum Gasteiger partial charge on any atom is 0.341 e. The van der Waals surface area contributed by atoms with Gasteiger partial charge in [0.1, 0.15) is 10.6 Å². The predicted molar refractivity (Wildman–Crippen MR) is 118 cm³/mol. The lowest BCUT2D eigenvalue weighted by molar-refractivity contribution is -0.0473. The van der Waals surface area contributed by atoms with Crippen LogP contribution in [0.25, 0.3) is 11.1 Å². The largest absolute Gasteiger partial charge is 0.462 e. The van der Waals surface area contributed by atoms with Crippen LogP contribution in [0.4, 0.5) is 5.00 Å². The number of hydrogen-bond acceptors (Lipinski definition) is 5. The molecule has 7 heteroatoms. The second-order valence-electron chi connectivity index (χ2n) is 6.92. The highest BCUT2D eigenvalue weighted by Gasteiger charge is 2.28. The summed E-state index contributed by atoms with van der Waals surface area (Å²) in [7, 11) is 0. The Kier molecular flexibility index (Phi) is 6.69. The molecule has 5 nitrogen and oxygen atoms in total. The summed E-state index contributed by atoms with van der Waals surface area (Å²) in [5, 5.41) is 4.64. The minimum absolute atomic E-state index is 0.109. The normalized spacial score (nSPS) is 19.4. The maximum atomic E-state index is 12.8. The molecule has 3 rings (SSSR count). The summed E-state index contributed by atoms with van der Waals surface area (Å²) in [6.45, 7) is 9.68. The van der Waals surface area contributed by atoms with E-state index in [0.717, 1.165) is 34.1 Å². The van der Waals surface area contributed by atoms with Crippen LogP contribution in [0.1, 0.15) is 36.0 Å². The molecule has 1 fully saturated rings. The molecule has 0 aliphatic carbocycles. The predicted octanol–water partition coefficient (Wildman–Crippen LogP) is 4.71. The highest BCUT2D eigenvalue weighted by atomic mass is 32.1. The number of nitrogens with one attached hydrogen (secondary N) is 1. The first-order valence-corrected chi connectivity index (χ1v) is 10.7. The van der Waals surface area contributed by atoms with Crippen molar-refractivity contribution < 1.29 is 14.3 Å². The van der Waals surface area contributed by atoms with Crippen molar-refractivity contribution >= 4 is 39.6 Å². The fourth-order valence-electron chi connectivity index (χ4n) is 3.50. The third-order valence-electron chi connectivity index (χ3n) is 4.55. The van der Waals surface area contributed by atoms with Gasteiger partial charge in [-0.1, -0.05) is 30.3 Å². The maximum absolute atomic E-state index is 12.8. The van der Waals surface area contributed by atoms with Gasteiger partial charge in [0.05, 0.1) is 18.8 Å². The molecule has 28 heavy (non-hydrogen) atoms. The molecule has 1 aromatic carbocycles. The van der Waals surface area contributed by atoms with Crippen molar-refractivity contribution in [2.75, 3.05) is 25.0 Å². The molecule has 2 aromatic rings. The molecule has 1 N–H and O–H groups in total. The van der Waals surface area contributed by atoms with Gasteiger partial charge in [0.25, 0.3) is 0 Å². The summed E-state index contributed by atoms with van der Waals surface area (Å²) in [4.78, 5) is 15.9. The molecule has 1 aliphatic heterocycles. The first-order chi connectivity index (χ1) is 13.4. The van der Waals surface area contributed by atoms with Gasteiger partial charge in [0, 0.05) is 23.5 Å². The summed E-state index contributed by atoms with van der Waals surface area (Å²) in [5.41, 5.74) is 2.44. The lowest BCUT2D eigenvalue weighted by atomic mass is 10.0. The van der Waals surface area contributed by atoms with Gasteiger partial charge in [-0.25, -0.2) is 4.79 Å². The number of carbonyl (C=O) groups excluding carboxylic acids is 1. The smallest absolute Gasteiger partial charge is 0.341 e. The second-order valence-corrected chi connectivity index (χ2v) is 8.53. The van der Waals surface area contributed by atoms with E-state index in [1.807, 2.05) is 58.0 Å². The van der Waals surface area contributed by atoms with Crippen molar-refractivity contribution in [3.8, 4) is 11.1 Å². The van der Waals surface area contributed by atoms with Crippen molar-refractivity contribution in [3.05, 3.63) is 40.8 Å². The fraction of sp³-hybridized carbons (Fsp3) is 0.429. The Morgan fingerprint density at radius 3 is 2.54 bits per heavy atom. The van der Waals surface area contributed by atoms with Crippen molar-refractivity contribution in [1.82, 2.24) is 4.90 Å². The summed E-state index contributed by atoms with van der Waals surface area (Å²) < 4.78 is 11.1. The van der Waals surface area contributed by atoms with Gasteiger partial charge >= 0.3 is 5.97 Å². The second kappa shape index (κ2) is 9.03. The minimum Gasteiger partial charge on any atom is -0.462 e. The first kappa shape index (κ1) is 20.8. The summed E-state index contributed by atoms with van der Waals surface area (Å²) in [6.07, 6.45) is 0.218. The monoisotopic (exact) mass is 418 g/mol. The Labute approximate surface area is 175 Å². The van der Waals surface area contributed by atoms with Crippen LogP contribution in [-0.2, 0) is 9.47 Å². The molecule has 1 saturated heterocycles. The summed E-state index contributed by atoms with van der Waals surface area (Å²) in [5.74, 6) is -0.334. The van der Waals surface area contributed by atoms with Crippen LogP contribution in [0, 0.1) is 6.92 Å². The SMILES string of the molecule is CCOC(=O)c1c(NC(=S)N2C[C@@H](C)O[C@H](C)C2)sc(C)c1-c1ccccc1. The molecule has 0 bridgehead atoms. The minimum atomic E-state index is -0.334. The Morgan fingerprint density at radius 2 is 1.93 bits per heavy atom. The van der Waals surface area contributed by atoms with E-state index < -0.39 is 0 Å². The number of ether oxygens (including phenoxy) is 2. The molecule has 0 saturated carbocycles. The molecule has 1 aromatic heterocycles. The molecule has 0 spiro atoms. The van der Waals surface area contributed by atoms with Crippen molar-refractivity contribution in [3.63, 3.8) is 0 Å². The number of hydrogen-bond donors (Lipinski definition) is 1. The number of thiophene rings is 1. The lowest BCUT2D eigenvalue weighted by Crippen LogP contribution is -2.49. The Balaban J connectivity index is 1.94. The van der Waals surface area contributed by atoms with Gasteiger partial charge in [0.15, 0.2) is 5.11 Å². The number of anilines is 1. The van der Waals surface area contributed by atoms with Gasteiger partial charge < -0.3 is 19.7 Å². The lowest BCUT2D eigenvalue weighted by Gasteiger charge is -2.36. The van der Waals surface area contributed by atoms with Crippen LogP contribution >= 0.6 is 23.6 Å². The topological polar surface area (TPSA) is 50.8 Å². The van der Waals surface area contributed by atoms with E-state index in [1.54, 1.807) is 0 Å². The molecule has 150 valence electrons. The number of morpholine rings is 1. The van der Waals surface area contributed by atoms with Crippen LogP contribution < -0.4 is 5.32 Å². The van der Waals surface area contributed by atoms with Crippen molar-refractivity contribution in [1.29, 1.82) is 0 Å². The third-order valence-corrected chi connectivity index (χ3v) is 5.93. The number of nitrogens with zero attached hydrogens (tertiary/aromatic N) is 1. The Morgan fingerprint density at radius 1 is 1.29 bits per heavy atom. The molecule has 0 amide bonds. The zero-order valence-electron chi connectivity index (χ0n) is 16.7. The zero-order chi connectivity index (χ0) is 20.3. The van der Waals surface area contributed by atoms with E-state index in [9.17, 15) is 4.79 Å². The molecule has 0 radical (unpaired) electrons. The van der Waals surface area contributed by atoms with Gasteiger partial charge in [-0.3, -0.25) is 0 Å². The first-order valence-electron chi connectivity index (χ1n) is 9.48. The number of esters is 1. The molecule has 2 heterocycles. The molecular formula is C21H26N2O3S2. The van der Waals surface area contributed by atoms with E-state index in [-0.39, 0.29) is 18.2 Å². The van der Waals surface area contributed by atoms with E-state index >= 15 is 0 Å². The average molecular weight is 419 g/mol. The third kappa shape index (κ3) is 4.54. The number of thiocarbonyl (C=S) groups is 1. The van der Waals surface area contributed by atoms with Crippen LogP contribution in [0.5, 0.6) is 0 Å². The van der Waals surface area contributed by atoms with Crippen LogP contribution in [0.3, 0.4) is 0 Å². The van der Waals surface area contributed by atoms with E-state index in [4.69, 9.17) is 21.7 Å². The Hall–Kier alpha value is -1.96. The van der Waals surface area contributed by atoms with Crippen molar-refractivity contribution in [2.24, 2.45) is 0 Å².